The van der Waals surface area contributed by atoms with Crippen molar-refractivity contribution >= 4 is 48.9 Å². The molecule has 1 aromatic carbocycles. The highest BCUT2D eigenvalue weighted by Crippen LogP contribution is 2.36. The Kier molecular flexibility index (Phi) is 4.76. The average Bonchev–Trinajstić information content (AvgIpc) is 2.75. The van der Waals surface area contributed by atoms with E-state index in [1.165, 1.54) is 15.3 Å². The molecule has 0 radical (unpaired) electrons. The maximum Gasteiger partial charge on any atom is 0.175 e. The number of thiophene rings is 1. The zero-order valence-corrected chi connectivity index (χ0v) is 14.5. The molecule has 0 aliphatic rings. The van der Waals surface area contributed by atoms with Crippen LogP contribution in [-0.2, 0) is 16.3 Å². The van der Waals surface area contributed by atoms with E-state index >= 15 is 0 Å². The Bertz CT molecular complexity index is 690. The topological polar surface area (TPSA) is 34.1 Å². The molecule has 102 valence electrons. The summed E-state index contributed by atoms with van der Waals surface area (Å²) in [5.41, 5.74) is 0. The van der Waals surface area contributed by atoms with Crippen molar-refractivity contribution in [1.82, 2.24) is 0 Å². The minimum absolute atomic E-state index is 0.344. The minimum atomic E-state index is -3.18. The van der Waals surface area contributed by atoms with Crippen LogP contribution in [0.25, 0.3) is 0 Å². The molecule has 2 nitrogen and oxygen atoms in total. The highest BCUT2D eigenvalue weighted by molar-refractivity contribution is 9.10. The van der Waals surface area contributed by atoms with E-state index in [1.54, 1.807) is 35.2 Å². The van der Waals surface area contributed by atoms with E-state index in [0.29, 0.717) is 4.90 Å². The number of rotatable bonds is 4. The molecule has 0 saturated heterocycles. The van der Waals surface area contributed by atoms with E-state index in [2.05, 4.69) is 35.0 Å². The Hall–Kier alpha value is -0.300. The fraction of sp³-hybridized carbons (Fsp3) is 0.231. The van der Waals surface area contributed by atoms with E-state index in [0.717, 1.165) is 15.8 Å². The second-order valence-corrected chi connectivity index (χ2v) is 9.54. The molecule has 1 heterocycles. The molecule has 0 aliphatic carbocycles. The van der Waals surface area contributed by atoms with Crippen LogP contribution >= 0.6 is 39.0 Å². The van der Waals surface area contributed by atoms with Gasteiger partial charge < -0.3 is 0 Å². The third-order valence-corrected chi connectivity index (χ3v) is 6.36. The molecule has 0 saturated carbocycles. The Morgan fingerprint density at radius 1 is 1.26 bits per heavy atom. The zero-order chi connectivity index (χ0) is 14.0. The van der Waals surface area contributed by atoms with E-state index in [9.17, 15) is 8.42 Å². The maximum absolute atomic E-state index is 11.6. The van der Waals surface area contributed by atoms with Crippen molar-refractivity contribution < 1.29 is 8.42 Å². The molecular formula is C13H13BrO2S3. The lowest BCUT2D eigenvalue weighted by Gasteiger charge is -2.04. The standard InChI is InChI=1S/C13H13BrO2S3/c1-3-10-4-5-13(17-10)18-11-6-9(14)7-12(8-11)19(2,15)16/h4-8H,3H2,1-2H3. The molecule has 0 unspecified atom stereocenters. The second-order valence-electron chi connectivity index (χ2n) is 4.07. The Labute approximate surface area is 130 Å². The first kappa shape index (κ1) is 15.1. The van der Waals surface area contributed by atoms with Gasteiger partial charge in [-0.1, -0.05) is 34.6 Å². The van der Waals surface area contributed by atoms with Gasteiger partial charge >= 0.3 is 0 Å². The largest absolute Gasteiger partial charge is 0.224 e. The van der Waals surface area contributed by atoms with E-state index in [4.69, 9.17) is 0 Å². The van der Waals surface area contributed by atoms with Gasteiger partial charge in [0.1, 0.15) is 0 Å². The molecular weight excluding hydrogens is 364 g/mol. The molecule has 1 aromatic heterocycles. The molecule has 0 aliphatic heterocycles. The zero-order valence-electron chi connectivity index (χ0n) is 10.5. The Balaban J connectivity index is 2.32. The van der Waals surface area contributed by atoms with Crippen LogP contribution in [0.2, 0.25) is 0 Å². The van der Waals surface area contributed by atoms with E-state index in [-0.39, 0.29) is 0 Å². The van der Waals surface area contributed by atoms with Crippen molar-refractivity contribution in [3.05, 3.63) is 39.7 Å². The van der Waals surface area contributed by atoms with Crippen LogP contribution in [-0.4, -0.2) is 14.7 Å². The maximum atomic E-state index is 11.6. The van der Waals surface area contributed by atoms with Crippen LogP contribution in [0.5, 0.6) is 0 Å². The Morgan fingerprint density at radius 3 is 2.58 bits per heavy atom. The number of hydrogen-bond donors (Lipinski definition) is 0. The molecule has 0 bridgehead atoms. The van der Waals surface area contributed by atoms with Crippen molar-refractivity contribution in [2.75, 3.05) is 6.26 Å². The van der Waals surface area contributed by atoms with E-state index < -0.39 is 9.84 Å². The minimum Gasteiger partial charge on any atom is -0.224 e. The third kappa shape index (κ3) is 4.08. The van der Waals surface area contributed by atoms with Gasteiger partial charge in [-0.15, -0.1) is 11.3 Å². The summed E-state index contributed by atoms with van der Waals surface area (Å²) in [6.45, 7) is 2.13. The third-order valence-electron chi connectivity index (χ3n) is 2.48. The fourth-order valence-electron chi connectivity index (χ4n) is 1.53. The number of sulfone groups is 1. The van der Waals surface area contributed by atoms with Crippen LogP contribution in [0.1, 0.15) is 11.8 Å². The summed E-state index contributed by atoms with van der Waals surface area (Å²) in [7, 11) is -3.18. The molecule has 2 rings (SSSR count). The van der Waals surface area contributed by atoms with Crippen LogP contribution in [0.4, 0.5) is 0 Å². The molecule has 0 fully saturated rings. The number of benzene rings is 1. The second kappa shape index (κ2) is 5.99. The SMILES string of the molecule is CCc1ccc(Sc2cc(Br)cc(S(C)(=O)=O)c2)s1. The lowest BCUT2D eigenvalue weighted by Crippen LogP contribution is -1.96. The smallest absolute Gasteiger partial charge is 0.175 e. The van der Waals surface area contributed by atoms with Crippen molar-refractivity contribution in [3.63, 3.8) is 0 Å². The predicted molar refractivity (Wildman–Crippen MR) is 85.1 cm³/mol. The normalized spacial score (nSPS) is 11.7. The first-order valence-corrected chi connectivity index (χ1v) is 9.97. The molecule has 6 heteroatoms. The molecule has 0 atom stereocenters. The lowest BCUT2D eigenvalue weighted by molar-refractivity contribution is 0.601. The van der Waals surface area contributed by atoms with Crippen LogP contribution in [0, 0.1) is 0 Å². The summed E-state index contributed by atoms with van der Waals surface area (Å²) in [6.07, 6.45) is 2.25. The number of hydrogen-bond acceptors (Lipinski definition) is 4. The van der Waals surface area contributed by atoms with Gasteiger partial charge in [-0.2, -0.15) is 0 Å². The fourth-order valence-corrected chi connectivity index (χ4v) is 5.27. The highest BCUT2D eigenvalue weighted by atomic mass is 79.9. The number of aryl methyl sites for hydroxylation is 1. The molecule has 0 N–H and O–H groups in total. The monoisotopic (exact) mass is 376 g/mol. The number of halogens is 1. The van der Waals surface area contributed by atoms with Gasteiger partial charge in [-0.25, -0.2) is 8.42 Å². The van der Waals surface area contributed by atoms with Crippen molar-refractivity contribution in [2.45, 2.75) is 27.3 Å². The summed E-state index contributed by atoms with van der Waals surface area (Å²) in [4.78, 5) is 2.61. The molecule has 19 heavy (non-hydrogen) atoms. The van der Waals surface area contributed by atoms with Gasteiger partial charge in [0.05, 0.1) is 9.10 Å². The summed E-state index contributed by atoms with van der Waals surface area (Å²) in [5.74, 6) is 0. The predicted octanol–water partition coefficient (Wildman–Crippen LogP) is 4.63. The van der Waals surface area contributed by atoms with Gasteiger partial charge in [0, 0.05) is 20.5 Å². The van der Waals surface area contributed by atoms with Gasteiger partial charge in [0.15, 0.2) is 9.84 Å². The quantitative estimate of drug-likeness (QED) is 0.779. The first-order chi connectivity index (χ1) is 8.88. The summed E-state index contributed by atoms with van der Waals surface area (Å²) in [6, 6.07) is 9.48. The van der Waals surface area contributed by atoms with Crippen LogP contribution in [0.3, 0.4) is 0 Å². The van der Waals surface area contributed by atoms with Gasteiger partial charge in [0.2, 0.25) is 0 Å². The van der Waals surface area contributed by atoms with Crippen molar-refractivity contribution in [3.8, 4) is 0 Å². The lowest BCUT2D eigenvalue weighted by atomic mass is 10.4. The van der Waals surface area contributed by atoms with Crippen molar-refractivity contribution in [1.29, 1.82) is 0 Å². The van der Waals surface area contributed by atoms with Crippen LogP contribution < -0.4 is 0 Å². The molecule has 0 spiro atoms. The van der Waals surface area contributed by atoms with Gasteiger partial charge in [-0.05, 0) is 36.8 Å². The Morgan fingerprint density at radius 2 is 2.00 bits per heavy atom. The molecule has 0 amide bonds. The molecule has 2 aromatic rings. The van der Waals surface area contributed by atoms with Gasteiger partial charge in [0.25, 0.3) is 0 Å². The average molecular weight is 377 g/mol. The highest BCUT2D eigenvalue weighted by Gasteiger charge is 2.11. The summed E-state index contributed by atoms with van der Waals surface area (Å²) in [5, 5.41) is 0. The van der Waals surface area contributed by atoms with Gasteiger partial charge in [-0.3, -0.25) is 0 Å². The van der Waals surface area contributed by atoms with Crippen molar-refractivity contribution in [2.24, 2.45) is 0 Å². The first-order valence-electron chi connectivity index (χ1n) is 5.65. The van der Waals surface area contributed by atoms with E-state index in [1.807, 2.05) is 6.07 Å². The summed E-state index contributed by atoms with van der Waals surface area (Å²) >= 11 is 6.70. The summed E-state index contributed by atoms with van der Waals surface area (Å²) < 4.78 is 25.2. The van der Waals surface area contributed by atoms with Crippen LogP contribution in [0.15, 0.2) is 48.8 Å².